The standard InChI is InChI=1S/C14H32N2/c1-7-9-10-13(8-2)15-11-14(3,4)12-16(5)6/h13,15H,7-12H2,1-6H3. The Hall–Kier alpha value is -0.0800. The quantitative estimate of drug-likeness (QED) is 0.652. The topological polar surface area (TPSA) is 15.3 Å². The van der Waals surface area contributed by atoms with Crippen LogP contribution in [0.15, 0.2) is 0 Å². The first-order chi connectivity index (χ1) is 7.41. The molecule has 0 saturated carbocycles. The van der Waals surface area contributed by atoms with Gasteiger partial charge >= 0.3 is 0 Å². The molecule has 0 aromatic rings. The van der Waals surface area contributed by atoms with Gasteiger partial charge in [-0.3, -0.25) is 0 Å². The van der Waals surface area contributed by atoms with Gasteiger partial charge in [-0.25, -0.2) is 0 Å². The van der Waals surface area contributed by atoms with Crippen molar-refractivity contribution in [3.8, 4) is 0 Å². The Bertz CT molecular complexity index is 164. The Morgan fingerprint density at radius 3 is 2.25 bits per heavy atom. The average Bonchev–Trinajstić information content (AvgIpc) is 2.16. The Morgan fingerprint density at radius 2 is 1.81 bits per heavy atom. The van der Waals surface area contributed by atoms with Gasteiger partial charge in [0.15, 0.2) is 0 Å². The van der Waals surface area contributed by atoms with Gasteiger partial charge in [0.2, 0.25) is 0 Å². The van der Waals surface area contributed by atoms with Gasteiger partial charge in [-0.15, -0.1) is 0 Å². The summed E-state index contributed by atoms with van der Waals surface area (Å²) in [6.45, 7) is 11.5. The molecule has 0 amide bonds. The summed E-state index contributed by atoms with van der Waals surface area (Å²) in [5, 5.41) is 3.72. The highest BCUT2D eigenvalue weighted by Gasteiger charge is 2.19. The third kappa shape index (κ3) is 8.12. The van der Waals surface area contributed by atoms with E-state index in [0.717, 1.165) is 13.1 Å². The van der Waals surface area contributed by atoms with Crippen molar-refractivity contribution >= 4 is 0 Å². The Labute approximate surface area is 103 Å². The fourth-order valence-corrected chi connectivity index (χ4v) is 2.23. The van der Waals surface area contributed by atoms with E-state index in [4.69, 9.17) is 0 Å². The van der Waals surface area contributed by atoms with Crippen molar-refractivity contribution in [2.75, 3.05) is 27.2 Å². The smallest absolute Gasteiger partial charge is 0.00646 e. The maximum atomic E-state index is 3.72. The van der Waals surface area contributed by atoms with Crippen LogP contribution in [0.1, 0.15) is 53.4 Å². The fraction of sp³-hybridized carbons (Fsp3) is 1.00. The zero-order chi connectivity index (χ0) is 12.6. The van der Waals surface area contributed by atoms with Gasteiger partial charge in [0, 0.05) is 19.1 Å². The van der Waals surface area contributed by atoms with E-state index >= 15 is 0 Å². The summed E-state index contributed by atoms with van der Waals surface area (Å²) < 4.78 is 0. The molecule has 1 N–H and O–H groups in total. The Kier molecular flexibility index (Phi) is 8.04. The van der Waals surface area contributed by atoms with Crippen LogP contribution < -0.4 is 5.32 Å². The molecular formula is C14H32N2. The first-order valence-electron chi connectivity index (χ1n) is 6.79. The monoisotopic (exact) mass is 228 g/mol. The molecule has 0 aliphatic carbocycles. The first kappa shape index (κ1) is 15.9. The van der Waals surface area contributed by atoms with Crippen LogP contribution in [0.2, 0.25) is 0 Å². The van der Waals surface area contributed by atoms with E-state index in [1.807, 2.05) is 0 Å². The molecule has 1 atom stereocenters. The summed E-state index contributed by atoms with van der Waals surface area (Å²) in [5.41, 5.74) is 0.364. The van der Waals surface area contributed by atoms with Crippen LogP contribution in [0.4, 0.5) is 0 Å². The van der Waals surface area contributed by atoms with Crippen molar-refractivity contribution in [2.45, 2.75) is 59.4 Å². The minimum Gasteiger partial charge on any atom is -0.313 e. The molecule has 1 unspecified atom stereocenters. The Balaban J connectivity index is 3.89. The zero-order valence-electron chi connectivity index (χ0n) is 12.3. The van der Waals surface area contributed by atoms with Crippen molar-refractivity contribution in [3.63, 3.8) is 0 Å². The lowest BCUT2D eigenvalue weighted by atomic mass is 9.92. The number of nitrogens with one attached hydrogen (secondary N) is 1. The maximum Gasteiger partial charge on any atom is 0.00646 e. The van der Waals surface area contributed by atoms with E-state index in [1.165, 1.54) is 25.7 Å². The Morgan fingerprint density at radius 1 is 1.19 bits per heavy atom. The van der Waals surface area contributed by atoms with Gasteiger partial charge in [0.05, 0.1) is 0 Å². The summed E-state index contributed by atoms with van der Waals surface area (Å²) in [6.07, 6.45) is 5.22. The highest BCUT2D eigenvalue weighted by atomic mass is 15.1. The van der Waals surface area contributed by atoms with E-state index in [-0.39, 0.29) is 0 Å². The molecule has 0 aromatic carbocycles. The van der Waals surface area contributed by atoms with Crippen molar-refractivity contribution in [1.29, 1.82) is 0 Å². The third-order valence-electron chi connectivity index (χ3n) is 3.01. The molecule has 0 radical (unpaired) electrons. The minimum absolute atomic E-state index is 0.364. The van der Waals surface area contributed by atoms with Crippen molar-refractivity contribution in [1.82, 2.24) is 10.2 Å². The highest BCUT2D eigenvalue weighted by molar-refractivity contribution is 4.77. The van der Waals surface area contributed by atoms with Gasteiger partial charge in [-0.1, -0.05) is 40.5 Å². The van der Waals surface area contributed by atoms with Crippen LogP contribution in [0, 0.1) is 5.41 Å². The lowest BCUT2D eigenvalue weighted by molar-refractivity contribution is 0.222. The van der Waals surface area contributed by atoms with Crippen LogP contribution in [-0.2, 0) is 0 Å². The summed E-state index contributed by atoms with van der Waals surface area (Å²) in [6, 6.07) is 0.710. The fourth-order valence-electron chi connectivity index (χ4n) is 2.23. The number of nitrogens with zero attached hydrogens (tertiary/aromatic N) is 1. The van der Waals surface area contributed by atoms with Crippen LogP contribution in [-0.4, -0.2) is 38.1 Å². The van der Waals surface area contributed by atoms with Gasteiger partial charge < -0.3 is 10.2 Å². The highest BCUT2D eigenvalue weighted by Crippen LogP contribution is 2.15. The summed E-state index contributed by atoms with van der Waals surface area (Å²) >= 11 is 0. The third-order valence-corrected chi connectivity index (χ3v) is 3.01. The van der Waals surface area contributed by atoms with Gasteiger partial charge in [0.1, 0.15) is 0 Å². The molecule has 98 valence electrons. The van der Waals surface area contributed by atoms with Crippen LogP contribution in [0.3, 0.4) is 0 Å². The molecule has 16 heavy (non-hydrogen) atoms. The van der Waals surface area contributed by atoms with Crippen molar-refractivity contribution in [2.24, 2.45) is 5.41 Å². The normalized spacial score (nSPS) is 14.4. The second-order valence-electron chi connectivity index (χ2n) is 6.03. The maximum absolute atomic E-state index is 3.72. The van der Waals surface area contributed by atoms with Gasteiger partial charge in [0.25, 0.3) is 0 Å². The van der Waals surface area contributed by atoms with E-state index in [2.05, 4.69) is 52.0 Å². The SMILES string of the molecule is CCCCC(CC)NCC(C)(C)CN(C)C. The molecule has 0 fully saturated rings. The molecule has 0 bridgehead atoms. The molecule has 0 spiro atoms. The summed E-state index contributed by atoms with van der Waals surface area (Å²) in [4.78, 5) is 2.27. The average molecular weight is 228 g/mol. The van der Waals surface area contributed by atoms with Crippen molar-refractivity contribution in [3.05, 3.63) is 0 Å². The molecule has 0 rings (SSSR count). The number of rotatable bonds is 9. The van der Waals surface area contributed by atoms with E-state index in [9.17, 15) is 0 Å². The predicted octanol–water partition coefficient (Wildman–Crippen LogP) is 3.13. The molecule has 0 aliphatic rings. The van der Waals surface area contributed by atoms with Gasteiger partial charge in [-0.2, -0.15) is 0 Å². The van der Waals surface area contributed by atoms with Gasteiger partial charge in [-0.05, 0) is 32.4 Å². The second-order valence-corrected chi connectivity index (χ2v) is 6.03. The molecule has 0 aromatic heterocycles. The van der Waals surface area contributed by atoms with Crippen LogP contribution in [0.25, 0.3) is 0 Å². The summed E-state index contributed by atoms with van der Waals surface area (Å²) in [5.74, 6) is 0. The summed E-state index contributed by atoms with van der Waals surface area (Å²) in [7, 11) is 4.30. The number of hydrogen-bond donors (Lipinski definition) is 1. The van der Waals surface area contributed by atoms with E-state index in [1.54, 1.807) is 0 Å². The molecular weight excluding hydrogens is 196 g/mol. The second kappa shape index (κ2) is 8.08. The predicted molar refractivity (Wildman–Crippen MR) is 73.9 cm³/mol. The van der Waals surface area contributed by atoms with Crippen LogP contribution in [0.5, 0.6) is 0 Å². The molecule has 0 aliphatic heterocycles. The van der Waals surface area contributed by atoms with E-state index in [0.29, 0.717) is 11.5 Å². The molecule has 0 heterocycles. The number of unbranched alkanes of at least 4 members (excludes halogenated alkanes) is 1. The van der Waals surface area contributed by atoms with E-state index < -0.39 is 0 Å². The minimum atomic E-state index is 0.364. The molecule has 2 nitrogen and oxygen atoms in total. The van der Waals surface area contributed by atoms with Crippen LogP contribution >= 0.6 is 0 Å². The largest absolute Gasteiger partial charge is 0.313 e. The zero-order valence-corrected chi connectivity index (χ0v) is 12.3. The lowest BCUT2D eigenvalue weighted by Gasteiger charge is -2.30. The molecule has 2 heteroatoms. The molecule has 0 saturated heterocycles. The first-order valence-corrected chi connectivity index (χ1v) is 6.79. The number of hydrogen-bond acceptors (Lipinski definition) is 2. The lowest BCUT2D eigenvalue weighted by Crippen LogP contribution is -2.41. The van der Waals surface area contributed by atoms with Crippen molar-refractivity contribution < 1.29 is 0 Å².